The molecule has 0 N–H and O–H groups in total. The van der Waals surface area contributed by atoms with Crippen molar-refractivity contribution in [3.63, 3.8) is 0 Å². The van der Waals surface area contributed by atoms with E-state index in [2.05, 4.69) is 57.7 Å². The molecule has 0 aromatic heterocycles. The maximum atomic E-state index is 13.0. The number of rotatable bonds is 5. The summed E-state index contributed by atoms with van der Waals surface area (Å²) < 4.78 is 13.0. The van der Waals surface area contributed by atoms with Gasteiger partial charge < -0.3 is 0 Å². The Kier molecular flexibility index (Phi) is 5.32. The molecule has 0 spiro atoms. The molecule has 0 heterocycles. The van der Waals surface area contributed by atoms with E-state index in [0.717, 1.165) is 23.1 Å². The van der Waals surface area contributed by atoms with Gasteiger partial charge in [0.05, 0.1) is 0 Å². The van der Waals surface area contributed by atoms with Gasteiger partial charge in [-0.05, 0) is 59.2 Å². The van der Waals surface area contributed by atoms with Crippen LogP contribution in [-0.2, 0) is 6.42 Å². The van der Waals surface area contributed by atoms with E-state index in [4.69, 9.17) is 0 Å². The minimum atomic E-state index is -0.218. The van der Waals surface area contributed by atoms with E-state index < -0.39 is 0 Å². The molecule has 0 radical (unpaired) electrons. The molecule has 0 saturated carbocycles. The minimum Gasteiger partial charge on any atom is -0.207 e. The molecule has 0 aliphatic rings. The van der Waals surface area contributed by atoms with Gasteiger partial charge in [0.25, 0.3) is 0 Å². The molecule has 1 heteroatoms. The van der Waals surface area contributed by atoms with Gasteiger partial charge in [-0.25, -0.2) is 4.39 Å². The molecule has 0 nitrogen and oxygen atoms in total. The normalized spacial score (nSPS) is 11.8. The molecule has 0 bridgehead atoms. The van der Waals surface area contributed by atoms with E-state index in [1.165, 1.54) is 23.3 Å². The lowest BCUT2D eigenvalue weighted by Crippen LogP contribution is -1.95. The summed E-state index contributed by atoms with van der Waals surface area (Å²) in [5.74, 6) is 0.300. The Balaban J connectivity index is 2.16. The van der Waals surface area contributed by atoms with Gasteiger partial charge in [0.2, 0.25) is 0 Å². The summed E-state index contributed by atoms with van der Waals surface area (Å²) in [6.45, 7) is 10.6. The average molecular weight is 294 g/mol. The van der Waals surface area contributed by atoms with Crippen molar-refractivity contribution in [2.45, 2.75) is 33.1 Å². The second-order valence-electron chi connectivity index (χ2n) is 5.93. The molecule has 0 saturated heterocycles. The van der Waals surface area contributed by atoms with Crippen molar-refractivity contribution in [1.29, 1.82) is 0 Å². The number of halogens is 1. The SMILES string of the molecule is C=C(/C(C)=C\Cc1ccccc1C(C)C)c1ccc(F)cc1. The molecule has 22 heavy (non-hydrogen) atoms. The van der Waals surface area contributed by atoms with Gasteiger partial charge in [-0.15, -0.1) is 0 Å². The summed E-state index contributed by atoms with van der Waals surface area (Å²) in [4.78, 5) is 0. The Bertz CT molecular complexity index is 675. The summed E-state index contributed by atoms with van der Waals surface area (Å²) in [6, 6.07) is 15.0. The highest BCUT2D eigenvalue weighted by Crippen LogP contribution is 2.24. The van der Waals surface area contributed by atoms with Crippen molar-refractivity contribution in [1.82, 2.24) is 0 Å². The van der Waals surface area contributed by atoms with Crippen LogP contribution in [0.5, 0.6) is 0 Å². The standard InChI is InChI=1S/C21H23F/c1-15(2)21-8-6-5-7-19(21)10-9-16(3)17(4)18-11-13-20(22)14-12-18/h5-9,11-15H,4,10H2,1-3H3/b16-9-. The topological polar surface area (TPSA) is 0 Å². The highest BCUT2D eigenvalue weighted by atomic mass is 19.1. The van der Waals surface area contributed by atoms with Gasteiger partial charge in [-0.3, -0.25) is 0 Å². The highest BCUT2D eigenvalue weighted by Gasteiger charge is 2.06. The number of hydrogen-bond donors (Lipinski definition) is 0. The average Bonchev–Trinajstić information content (AvgIpc) is 2.52. The molecule has 0 aliphatic heterocycles. The second-order valence-corrected chi connectivity index (χ2v) is 5.93. The van der Waals surface area contributed by atoms with E-state index in [9.17, 15) is 4.39 Å². The first-order chi connectivity index (χ1) is 10.5. The molecule has 0 unspecified atom stereocenters. The number of hydrogen-bond acceptors (Lipinski definition) is 0. The lowest BCUT2D eigenvalue weighted by Gasteiger charge is -2.12. The second kappa shape index (κ2) is 7.22. The summed E-state index contributed by atoms with van der Waals surface area (Å²) in [7, 11) is 0. The van der Waals surface area contributed by atoms with Crippen LogP contribution in [0.15, 0.2) is 66.8 Å². The van der Waals surface area contributed by atoms with Crippen molar-refractivity contribution in [2.24, 2.45) is 0 Å². The van der Waals surface area contributed by atoms with E-state index in [1.54, 1.807) is 12.1 Å². The predicted molar refractivity (Wildman–Crippen MR) is 93.4 cm³/mol. The number of benzene rings is 2. The van der Waals surface area contributed by atoms with Crippen LogP contribution in [-0.4, -0.2) is 0 Å². The van der Waals surface area contributed by atoms with Crippen LogP contribution in [0.25, 0.3) is 5.57 Å². The molecule has 2 aromatic carbocycles. The number of allylic oxidation sites excluding steroid dienone is 3. The first-order valence-corrected chi connectivity index (χ1v) is 7.69. The maximum absolute atomic E-state index is 13.0. The summed E-state index contributed by atoms with van der Waals surface area (Å²) in [5, 5.41) is 0. The molecule has 0 amide bonds. The molecule has 2 aromatic rings. The Hall–Kier alpha value is -2.15. The lowest BCUT2D eigenvalue weighted by molar-refractivity contribution is 0.627. The minimum absolute atomic E-state index is 0.218. The first kappa shape index (κ1) is 16.2. The Morgan fingerprint density at radius 3 is 2.36 bits per heavy atom. The van der Waals surface area contributed by atoms with Crippen LogP contribution in [0.2, 0.25) is 0 Å². The van der Waals surface area contributed by atoms with Gasteiger partial charge in [0.1, 0.15) is 5.82 Å². The third kappa shape index (κ3) is 3.94. The van der Waals surface area contributed by atoms with Crippen molar-refractivity contribution < 1.29 is 4.39 Å². The van der Waals surface area contributed by atoms with Crippen molar-refractivity contribution in [3.8, 4) is 0 Å². The van der Waals surface area contributed by atoms with Crippen LogP contribution in [0.4, 0.5) is 4.39 Å². The monoisotopic (exact) mass is 294 g/mol. The summed E-state index contributed by atoms with van der Waals surface area (Å²) in [5.41, 5.74) is 5.78. The Labute approximate surface area is 133 Å². The van der Waals surface area contributed by atoms with Gasteiger partial charge in [0, 0.05) is 0 Å². The molecular formula is C21H23F. The van der Waals surface area contributed by atoms with Crippen LogP contribution >= 0.6 is 0 Å². The largest absolute Gasteiger partial charge is 0.207 e. The highest BCUT2D eigenvalue weighted by molar-refractivity contribution is 5.76. The predicted octanol–water partition coefficient (Wildman–Crippen LogP) is 6.15. The molecule has 0 atom stereocenters. The summed E-state index contributed by atoms with van der Waals surface area (Å²) in [6.07, 6.45) is 3.09. The van der Waals surface area contributed by atoms with Gasteiger partial charge in [-0.1, -0.05) is 62.9 Å². The fraction of sp³-hybridized carbons (Fsp3) is 0.238. The van der Waals surface area contributed by atoms with Crippen LogP contribution in [0.1, 0.15) is 43.4 Å². The lowest BCUT2D eigenvalue weighted by atomic mass is 9.93. The van der Waals surface area contributed by atoms with Gasteiger partial charge in [-0.2, -0.15) is 0 Å². The molecule has 2 rings (SSSR count). The van der Waals surface area contributed by atoms with E-state index in [0.29, 0.717) is 5.92 Å². The molecular weight excluding hydrogens is 271 g/mol. The third-order valence-electron chi connectivity index (χ3n) is 3.97. The van der Waals surface area contributed by atoms with Crippen LogP contribution < -0.4 is 0 Å². The Morgan fingerprint density at radius 1 is 1.09 bits per heavy atom. The third-order valence-corrected chi connectivity index (χ3v) is 3.97. The van der Waals surface area contributed by atoms with E-state index >= 15 is 0 Å². The molecule has 0 aliphatic carbocycles. The van der Waals surface area contributed by atoms with Crippen molar-refractivity contribution in [2.75, 3.05) is 0 Å². The molecule has 0 fully saturated rings. The quantitative estimate of drug-likeness (QED) is 0.580. The van der Waals surface area contributed by atoms with Crippen molar-refractivity contribution in [3.05, 3.63) is 89.3 Å². The fourth-order valence-electron chi connectivity index (χ4n) is 2.55. The fourth-order valence-corrected chi connectivity index (χ4v) is 2.55. The molecule has 114 valence electrons. The van der Waals surface area contributed by atoms with E-state index in [1.807, 2.05) is 0 Å². The van der Waals surface area contributed by atoms with Crippen LogP contribution in [0.3, 0.4) is 0 Å². The van der Waals surface area contributed by atoms with Gasteiger partial charge in [0.15, 0.2) is 0 Å². The zero-order valence-corrected chi connectivity index (χ0v) is 13.6. The maximum Gasteiger partial charge on any atom is 0.123 e. The van der Waals surface area contributed by atoms with E-state index in [-0.39, 0.29) is 5.82 Å². The van der Waals surface area contributed by atoms with Gasteiger partial charge >= 0.3 is 0 Å². The Morgan fingerprint density at radius 2 is 1.73 bits per heavy atom. The zero-order valence-electron chi connectivity index (χ0n) is 13.6. The van der Waals surface area contributed by atoms with Crippen molar-refractivity contribution >= 4 is 5.57 Å². The summed E-state index contributed by atoms with van der Waals surface area (Å²) >= 11 is 0. The first-order valence-electron chi connectivity index (χ1n) is 7.69. The zero-order chi connectivity index (χ0) is 16.1. The van der Waals surface area contributed by atoms with Crippen LogP contribution in [0, 0.1) is 5.82 Å². The smallest absolute Gasteiger partial charge is 0.123 e.